The van der Waals surface area contributed by atoms with Crippen LogP contribution in [-0.2, 0) is 29.1 Å². The molecular formula is C29H29ClN4O3S. The zero-order valence-corrected chi connectivity index (χ0v) is 22.6. The number of amides is 2. The summed E-state index contributed by atoms with van der Waals surface area (Å²) in [5.74, 6) is -0.191. The van der Waals surface area contributed by atoms with Crippen LogP contribution in [-0.4, -0.2) is 27.1 Å². The summed E-state index contributed by atoms with van der Waals surface area (Å²) in [5.41, 5.74) is 3.15. The van der Waals surface area contributed by atoms with Crippen LogP contribution in [0.2, 0.25) is 5.02 Å². The number of hydrogen-bond donors (Lipinski definition) is 2. The molecule has 0 saturated carbocycles. The van der Waals surface area contributed by atoms with Crippen LogP contribution in [0.15, 0.2) is 82.7 Å². The largest absolute Gasteiger partial charge is 0.352 e. The lowest BCUT2D eigenvalue weighted by Crippen LogP contribution is -2.26. The number of fused-ring (bicyclic) bond motifs is 1. The van der Waals surface area contributed by atoms with Crippen LogP contribution in [0, 0.1) is 0 Å². The molecule has 0 fully saturated rings. The summed E-state index contributed by atoms with van der Waals surface area (Å²) in [6, 6.07) is 22.2. The number of anilines is 1. The zero-order valence-electron chi connectivity index (χ0n) is 21.1. The molecule has 196 valence electrons. The maximum Gasteiger partial charge on any atom is 0.262 e. The molecule has 0 radical (unpaired) electrons. The highest BCUT2D eigenvalue weighted by Gasteiger charge is 2.14. The molecule has 4 aromatic rings. The molecule has 1 aromatic heterocycles. The number of para-hydroxylation sites is 2. The van der Waals surface area contributed by atoms with Crippen molar-refractivity contribution in [3.05, 3.63) is 99.3 Å². The van der Waals surface area contributed by atoms with Crippen LogP contribution in [0.5, 0.6) is 0 Å². The molecule has 2 N–H and O–H groups in total. The average molecular weight is 549 g/mol. The van der Waals surface area contributed by atoms with Crippen LogP contribution in [0.3, 0.4) is 0 Å². The molecule has 0 aliphatic carbocycles. The van der Waals surface area contributed by atoms with Crippen molar-refractivity contribution < 1.29 is 9.59 Å². The molecule has 0 spiro atoms. The fraction of sp³-hybridized carbons (Fsp3) is 0.241. The third-order valence-electron chi connectivity index (χ3n) is 6.00. The van der Waals surface area contributed by atoms with E-state index in [2.05, 4.69) is 15.6 Å². The number of rotatable bonds is 11. The monoisotopic (exact) mass is 548 g/mol. The van der Waals surface area contributed by atoms with Gasteiger partial charge in [-0.25, -0.2) is 4.98 Å². The van der Waals surface area contributed by atoms with Gasteiger partial charge in [-0.2, -0.15) is 0 Å². The van der Waals surface area contributed by atoms with E-state index in [1.54, 1.807) is 28.8 Å². The predicted octanol–water partition coefficient (Wildman–Crippen LogP) is 5.44. The molecule has 0 saturated heterocycles. The Morgan fingerprint density at radius 2 is 1.79 bits per heavy atom. The van der Waals surface area contributed by atoms with Gasteiger partial charge in [0.1, 0.15) is 0 Å². The van der Waals surface area contributed by atoms with Crippen molar-refractivity contribution in [2.24, 2.45) is 0 Å². The first-order chi connectivity index (χ1) is 18.4. The summed E-state index contributed by atoms with van der Waals surface area (Å²) in [6.07, 6.45) is 1.51. The number of thioether (sulfide) groups is 1. The summed E-state index contributed by atoms with van der Waals surface area (Å²) in [4.78, 5) is 43.1. The standard InChI is InChI=1S/C29H29ClN4O3S/c1-2-21-10-3-5-13-24(21)32-27(36)19-38-29-33-25-14-6-4-12-23(25)28(37)34(29)16-8-15-26(35)31-18-20-9-7-11-22(30)17-20/h3-7,9-14,17H,2,8,15-16,18-19H2,1H3,(H,31,35)(H,32,36). The molecule has 0 aliphatic rings. The minimum Gasteiger partial charge on any atom is -0.352 e. The van der Waals surface area contributed by atoms with E-state index in [0.29, 0.717) is 40.6 Å². The van der Waals surface area contributed by atoms with Crippen molar-refractivity contribution in [3.63, 3.8) is 0 Å². The van der Waals surface area contributed by atoms with E-state index >= 15 is 0 Å². The lowest BCUT2D eigenvalue weighted by Gasteiger charge is -2.14. The van der Waals surface area contributed by atoms with E-state index in [-0.39, 0.29) is 29.5 Å². The van der Waals surface area contributed by atoms with Crippen molar-refractivity contribution >= 4 is 51.8 Å². The third kappa shape index (κ3) is 7.24. The molecule has 3 aromatic carbocycles. The number of aromatic nitrogens is 2. The Bertz CT molecular complexity index is 1500. The van der Waals surface area contributed by atoms with Gasteiger partial charge in [-0.15, -0.1) is 0 Å². The second-order valence-electron chi connectivity index (χ2n) is 8.73. The predicted molar refractivity (Wildman–Crippen MR) is 154 cm³/mol. The lowest BCUT2D eigenvalue weighted by molar-refractivity contribution is -0.121. The van der Waals surface area contributed by atoms with E-state index in [9.17, 15) is 14.4 Å². The Kier molecular flexibility index (Phi) is 9.56. The number of hydrogen-bond acceptors (Lipinski definition) is 5. The highest BCUT2D eigenvalue weighted by molar-refractivity contribution is 7.99. The summed E-state index contributed by atoms with van der Waals surface area (Å²) < 4.78 is 1.56. The van der Waals surface area contributed by atoms with E-state index in [1.807, 2.05) is 55.5 Å². The molecule has 1 heterocycles. The number of carbonyl (C=O) groups excluding carboxylic acids is 2. The van der Waals surface area contributed by atoms with Gasteiger partial charge in [-0.1, -0.05) is 72.8 Å². The molecule has 0 unspecified atom stereocenters. The summed E-state index contributed by atoms with van der Waals surface area (Å²) in [6.45, 7) is 2.73. The van der Waals surface area contributed by atoms with Gasteiger partial charge in [0.2, 0.25) is 11.8 Å². The first-order valence-corrected chi connectivity index (χ1v) is 13.8. The van der Waals surface area contributed by atoms with Crippen LogP contribution < -0.4 is 16.2 Å². The quantitative estimate of drug-likeness (QED) is 0.192. The Balaban J connectivity index is 1.41. The minimum atomic E-state index is -0.186. The van der Waals surface area contributed by atoms with Gasteiger partial charge in [0, 0.05) is 30.2 Å². The van der Waals surface area contributed by atoms with Gasteiger partial charge in [0.25, 0.3) is 5.56 Å². The maximum atomic E-state index is 13.3. The molecular weight excluding hydrogens is 520 g/mol. The highest BCUT2D eigenvalue weighted by Crippen LogP contribution is 2.20. The van der Waals surface area contributed by atoms with Gasteiger partial charge in [0.05, 0.1) is 16.7 Å². The van der Waals surface area contributed by atoms with Crippen molar-refractivity contribution in [3.8, 4) is 0 Å². The Labute approximate surface area is 230 Å². The number of carbonyl (C=O) groups is 2. The Morgan fingerprint density at radius 3 is 2.61 bits per heavy atom. The Hall–Kier alpha value is -3.62. The van der Waals surface area contributed by atoms with Crippen LogP contribution in [0.1, 0.15) is 30.9 Å². The van der Waals surface area contributed by atoms with Crippen LogP contribution in [0.25, 0.3) is 10.9 Å². The summed E-state index contributed by atoms with van der Waals surface area (Å²) in [7, 11) is 0. The number of nitrogens with one attached hydrogen (secondary N) is 2. The molecule has 7 nitrogen and oxygen atoms in total. The van der Waals surface area contributed by atoms with Crippen molar-refractivity contribution in [2.45, 2.75) is 44.4 Å². The first-order valence-electron chi connectivity index (χ1n) is 12.5. The summed E-state index contributed by atoms with van der Waals surface area (Å²) >= 11 is 7.22. The van der Waals surface area contributed by atoms with E-state index in [4.69, 9.17) is 11.6 Å². The van der Waals surface area contributed by atoms with Gasteiger partial charge < -0.3 is 10.6 Å². The third-order valence-corrected chi connectivity index (χ3v) is 7.21. The highest BCUT2D eigenvalue weighted by atomic mass is 35.5. The van der Waals surface area contributed by atoms with Gasteiger partial charge in [0.15, 0.2) is 5.16 Å². The Morgan fingerprint density at radius 1 is 1.00 bits per heavy atom. The van der Waals surface area contributed by atoms with Crippen molar-refractivity contribution in [2.75, 3.05) is 11.1 Å². The fourth-order valence-electron chi connectivity index (χ4n) is 4.06. The number of aryl methyl sites for hydroxylation is 1. The zero-order chi connectivity index (χ0) is 26.9. The second-order valence-corrected chi connectivity index (χ2v) is 10.1. The van der Waals surface area contributed by atoms with E-state index < -0.39 is 0 Å². The molecule has 0 bridgehead atoms. The van der Waals surface area contributed by atoms with E-state index in [0.717, 1.165) is 23.2 Å². The molecule has 9 heteroatoms. The number of benzene rings is 3. The van der Waals surface area contributed by atoms with Gasteiger partial charge in [-0.05, 0) is 54.3 Å². The molecule has 4 rings (SSSR count). The molecule has 38 heavy (non-hydrogen) atoms. The van der Waals surface area contributed by atoms with Crippen molar-refractivity contribution in [1.82, 2.24) is 14.9 Å². The smallest absolute Gasteiger partial charge is 0.262 e. The molecule has 2 amide bonds. The maximum absolute atomic E-state index is 13.3. The second kappa shape index (κ2) is 13.3. The number of nitrogens with zero attached hydrogens (tertiary/aromatic N) is 2. The lowest BCUT2D eigenvalue weighted by atomic mass is 10.1. The molecule has 0 atom stereocenters. The van der Waals surface area contributed by atoms with Gasteiger partial charge in [-0.3, -0.25) is 19.0 Å². The SMILES string of the molecule is CCc1ccccc1NC(=O)CSc1nc2ccccc2c(=O)n1CCCC(=O)NCc1cccc(Cl)c1. The number of halogens is 1. The fourth-order valence-corrected chi connectivity index (χ4v) is 5.09. The minimum absolute atomic E-state index is 0.100. The van der Waals surface area contributed by atoms with E-state index in [1.165, 1.54) is 11.8 Å². The van der Waals surface area contributed by atoms with Crippen LogP contribution in [0.4, 0.5) is 5.69 Å². The van der Waals surface area contributed by atoms with Crippen molar-refractivity contribution in [1.29, 1.82) is 0 Å². The molecule has 0 aliphatic heterocycles. The van der Waals surface area contributed by atoms with Gasteiger partial charge >= 0.3 is 0 Å². The summed E-state index contributed by atoms with van der Waals surface area (Å²) in [5, 5.41) is 7.41. The average Bonchev–Trinajstić information content (AvgIpc) is 2.92. The van der Waals surface area contributed by atoms with Crippen LogP contribution >= 0.6 is 23.4 Å². The topological polar surface area (TPSA) is 93.1 Å². The first kappa shape index (κ1) is 27.4. The normalized spacial score (nSPS) is 10.9.